The van der Waals surface area contributed by atoms with E-state index in [0.29, 0.717) is 12.2 Å². The van der Waals surface area contributed by atoms with Crippen molar-refractivity contribution in [2.45, 2.75) is 45.2 Å². The first kappa shape index (κ1) is 20.6. The predicted octanol–water partition coefficient (Wildman–Crippen LogP) is -1.41. The van der Waals surface area contributed by atoms with Crippen LogP contribution in [0.15, 0.2) is 0 Å². The van der Waals surface area contributed by atoms with Gasteiger partial charge in [-0.15, -0.1) is 0 Å². The van der Waals surface area contributed by atoms with Gasteiger partial charge in [-0.1, -0.05) is 20.3 Å². The number of nitrogens with two attached hydrogens (primary N) is 1. The van der Waals surface area contributed by atoms with Crippen molar-refractivity contribution in [1.29, 1.82) is 0 Å². The average molecular weight is 276 g/mol. The first-order valence-electron chi connectivity index (χ1n) is 6.02. The summed E-state index contributed by atoms with van der Waals surface area (Å²) in [7, 11) is -1.22. The highest BCUT2D eigenvalue weighted by Gasteiger charge is 2.29. The van der Waals surface area contributed by atoms with Crippen LogP contribution in [0.25, 0.3) is 0 Å². The summed E-state index contributed by atoms with van der Waals surface area (Å²) < 4.78 is 0. The molecule has 0 aromatic carbocycles. The fourth-order valence-corrected chi connectivity index (χ4v) is 1.78. The fraction of sp³-hybridized carbons (Fsp3) is 0.909. The molecule has 1 aliphatic heterocycles. The Labute approximate surface area is 114 Å². The van der Waals surface area contributed by atoms with E-state index in [1.165, 1.54) is 0 Å². The minimum absolute atomic E-state index is 0. The molecule has 1 rings (SSSR count). The maximum Gasteiger partial charge on any atom is 0.451 e. The van der Waals surface area contributed by atoms with Crippen LogP contribution in [-0.2, 0) is 9.59 Å². The highest BCUT2D eigenvalue weighted by molar-refractivity contribution is 6.40. The van der Waals surface area contributed by atoms with Crippen molar-refractivity contribution in [1.82, 2.24) is 5.32 Å². The molecule has 2 atom stereocenters. The number of carbonyl (C=O) groups excluding carboxylic acids is 2. The van der Waals surface area contributed by atoms with Gasteiger partial charge in [0.05, 0.1) is 6.10 Å². The Balaban J connectivity index is 0. The van der Waals surface area contributed by atoms with E-state index in [1.807, 2.05) is 0 Å². The van der Waals surface area contributed by atoms with Crippen LogP contribution in [0.3, 0.4) is 0 Å². The lowest BCUT2D eigenvalue weighted by Gasteiger charge is -2.34. The number of aliphatic hydroxyl groups excluding tert-OH is 1. The van der Waals surface area contributed by atoms with Crippen molar-refractivity contribution in [3.05, 3.63) is 0 Å². The van der Waals surface area contributed by atoms with Crippen molar-refractivity contribution in [3.63, 3.8) is 0 Å². The molecule has 1 fully saturated rings. The van der Waals surface area contributed by atoms with E-state index in [2.05, 4.69) is 5.32 Å². The molecule has 1 aliphatic rings. The number of aliphatic hydroxyl groups is 1. The van der Waals surface area contributed by atoms with Crippen molar-refractivity contribution in [3.8, 4) is 0 Å². The zero-order chi connectivity index (χ0) is 14.0. The van der Waals surface area contributed by atoms with E-state index in [0.717, 1.165) is 32.4 Å². The summed E-state index contributed by atoms with van der Waals surface area (Å²) in [6, 6.07) is -0.187. The van der Waals surface area contributed by atoms with Crippen molar-refractivity contribution >= 4 is 13.3 Å². The lowest BCUT2D eigenvalue weighted by atomic mass is 9.82. The summed E-state index contributed by atoms with van der Waals surface area (Å²) >= 11 is 0. The Bertz CT molecular complexity index is 245. The Morgan fingerprint density at radius 2 is 1.84 bits per heavy atom. The summed E-state index contributed by atoms with van der Waals surface area (Å²) in [5, 5.41) is 30.1. The normalized spacial score (nSPS) is 16.8. The standard InChI is InChI=1S/C9H21BN2O3.CO2.CH4/c11-8(3-1-2-4-10(14)15)9(13)7-5-12-6-7;2-1-3;/h7-9,12-15H,1-6,11H2;;1H4. The van der Waals surface area contributed by atoms with Gasteiger partial charge in [0.25, 0.3) is 0 Å². The van der Waals surface area contributed by atoms with Gasteiger partial charge in [0.1, 0.15) is 0 Å². The third-order valence-corrected chi connectivity index (χ3v) is 2.98. The first-order chi connectivity index (χ1) is 8.52. The highest BCUT2D eigenvalue weighted by atomic mass is 16.4. The van der Waals surface area contributed by atoms with Gasteiger partial charge < -0.3 is 26.2 Å². The molecule has 0 aliphatic carbocycles. The second-order valence-corrected chi connectivity index (χ2v) is 4.42. The van der Waals surface area contributed by atoms with Gasteiger partial charge in [0, 0.05) is 25.0 Å². The molecule has 8 heteroatoms. The lowest BCUT2D eigenvalue weighted by Crippen LogP contribution is -2.54. The van der Waals surface area contributed by atoms with Crippen LogP contribution in [0.2, 0.25) is 6.32 Å². The zero-order valence-corrected chi connectivity index (χ0v) is 10.3. The summed E-state index contributed by atoms with van der Waals surface area (Å²) in [5.74, 6) is 0.295. The van der Waals surface area contributed by atoms with Gasteiger partial charge in [-0.2, -0.15) is 9.59 Å². The third-order valence-electron chi connectivity index (χ3n) is 2.98. The Hall–Kier alpha value is -0.755. The minimum Gasteiger partial charge on any atom is -0.427 e. The lowest BCUT2D eigenvalue weighted by molar-refractivity contribution is -0.191. The van der Waals surface area contributed by atoms with Crippen LogP contribution in [0.5, 0.6) is 0 Å². The molecule has 0 aromatic rings. The molecule has 112 valence electrons. The molecule has 19 heavy (non-hydrogen) atoms. The van der Waals surface area contributed by atoms with Crippen molar-refractivity contribution in [2.24, 2.45) is 11.7 Å². The molecule has 0 bridgehead atoms. The van der Waals surface area contributed by atoms with Gasteiger partial charge in [-0.05, 0) is 12.7 Å². The fourth-order valence-electron chi connectivity index (χ4n) is 1.78. The Morgan fingerprint density at radius 3 is 2.21 bits per heavy atom. The largest absolute Gasteiger partial charge is 0.451 e. The molecule has 6 N–H and O–H groups in total. The van der Waals surface area contributed by atoms with E-state index in [9.17, 15) is 5.11 Å². The quantitative estimate of drug-likeness (QED) is 0.285. The van der Waals surface area contributed by atoms with Crippen LogP contribution in [0.4, 0.5) is 0 Å². The SMILES string of the molecule is C.NC(CCCCB(O)O)C(O)C1CNC1.O=C=O. The molecule has 7 nitrogen and oxygen atoms in total. The van der Waals surface area contributed by atoms with Gasteiger partial charge >= 0.3 is 13.3 Å². The zero-order valence-electron chi connectivity index (χ0n) is 10.3. The molecule has 0 saturated carbocycles. The van der Waals surface area contributed by atoms with Crippen LogP contribution >= 0.6 is 0 Å². The minimum atomic E-state index is -1.22. The topological polar surface area (TPSA) is 133 Å². The van der Waals surface area contributed by atoms with E-state index in [4.69, 9.17) is 25.4 Å². The highest BCUT2D eigenvalue weighted by Crippen LogP contribution is 2.15. The van der Waals surface area contributed by atoms with Gasteiger partial charge in [0.15, 0.2) is 0 Å². The summed E-state index contributed by atoms with van der Waals surface area (Å²) in [6.07, 6.45) is 2.51. The number of unbranched alkanes of at least 4 members (excludes halogenated alkanes) is 1. The number of hydrogen-bond donors (Lipinski definition) is 5. The Morgan fingerprint density at radius 1 is 1.32 bits per heavy atom. The second kappa shape index (κ2) is 12.3. The predicted molar refractivity (Wildman–Crippen MR) is 70.9 cm³/mol. The summed E-state index contributed by atoms with van der Waals surface area (Å²) in [5.41, 5.74) is 5.84. The van der Waals surface area contributed by atoms with Crippen LogP contribution in [-0.4, -0.2) is 53.7 Å². The van der Waals surface area contributed by atoms with Crippen LogP contribution < -0.4 is 11.1 Å². The monoisotopic (exact) mass is 276 g/mol. The van der Waals surface area contributed by atoms with E-state index in [1.54, 1.807) is 0 Å². The molecule has 1 heterocycles. The maximum atomic E-state index is 9.78. The molecule has 1 saturated heterocycles. The Kier molecular flexibility index (Phi) is 13.3. The smallest absolute Gasteiger partial charge is 0.427 e. The van der Waals surface area contributed by atoms with E-state index >= 15 is 0 Å². The third kappa shape index (κ3) is 9.78. The maximum absolute atomic E-state index is 9.78. The van der Waals surface area contributed by atoms with E-state index < -0.39 is 13.2 Å². The summed E-state index contributed by atoms with van der Waals surface area (Å²) in [6.45, 7) is 1.70. The molecule has 0 spiro atoms. The molecule has 0 aromatic heterocycles. The molecule has 0 radical (unpaired) electrons. The average Bonchev–Trinajstić information content (AvgIpc) is 2.22. The number of nitrogens with one attached hydrogen (secondary N) is 1. The first-order valence-corrected chi connectivity index (χ1v) is 6.02. The molecule has 2 unspecified atom stereocenters. The molecular weight excluding hydrogens is 251 g/mol. The van der Waals surface area contributed by atoms with Gasteiger partial charge in [-0.25, -0.2) is 0 Å². The van der Waals surface area contributed by atoms with Gasteiger partial charge in [0.2, 0.25) is 0 Å². The van der Waals surface area contributed by atoms with Crippen LogP contribution in [0, 0.1) is 5.92 Å². The summed E-state index contributed by atoms with van der Waals surface area (Å²) in [4.78, 5) is 16.2. The van der Waals surface area contributed by atoms with Crippen LogP contribution in [0.1, 0.15) is 26.7 Å². The number of hydrogen-bond acceptors (Lipinski definition) is 7. The van der Waals surface area contributed by atoms with Crippen molar-refractivity contribution in [2.75, 3.05) is 13.1 Å². The molecular formula is C11H25BN2O5. The second-order valence-electron chi connectivity index (χ2n) is 4.42. The van der Waals surface area contributed by atoms with E-state index in [-0.39, 0.29) is 19.6 Å². The number of rotatable bonds is 7. The molecule has 0 amide bonds. The van der Waals surface area contributed by atoms with Gasteiger partial charge in [-0.3, -0.25) is 0 Å². The van der Waals surface area contributed by atoms with Crippen molar-refractivity contribution < 1.29 is 24.7 Å².